The lowest BCUT2D eigenvalue weighted by Crippen LogP contribution is -2.22. The number of fused-ring (bicyclic) bond motifs is 1. The van der Waals surface area contributed by atoms with E-state index in [9.17, 15) is 9.90 Å². The van der Waals surface area contributed by atoms with Gasteiger partial charge < -0.3 is 14.5 Å². The Balaban J connectivity index is 1.95. The average molecular weight is 340 g/mol. The van der Waals surface area contributed by atoms with Gasteiger partial charge in [0.25, 0.3) is 0 Å². The highest BCUT2D eigenvalue weighted by molar-refractivity contribution is 5.91. The molecular formula is C23H18NO2-. The van der Waals surface area contributed by atoms with Crippen LogP contribution in [0.3, 0.4) is 0 Å². The second-order valence-electron chi connectivity index (χ2n) is 6.28. The molecule has 0 fully saturated rings. The Kier molecular flexibility index (Phi) is 4.28. The van der Waals surface area contributed by atoms with Gasteiger partial charge in [-0.2, -0.15) is 0 Å². The zero-order valence-corrected chi connectivity index (χ0v) is 14.3. The van der Waals surface area contributed by atoms with Crippen molar-refractivity contribution >= 4 is 16.7 Å². The summed E-state index contributed by atoms with van der Waals surface area (Å²) in [6.07, 6.45) is 0.432. The fourth-order valence-corrected chi connectivity index (χ4v) is 3.43. The van der Waals surface area contributed by atoms with Crippen molar-refractivity contribution in [1.82, 2.24) is 4.57 Å². The molecule has 1 aromatic heterocycles. The minimum absolute atomic E-state index is 0.00299. The van der Waals surface area contributed by atoms with E-state index in [0.29, 0.717) is 6.42 Å². The van der Waals surface area contributed by atoms with Crippen LogP contribution < -0.4 is 5.11 Å². The van der Waals surface area contributed by atoms with E-state index in [1.54, 1.807) is 0 Å². The van der Waals surface area contributed by atoms with Crippen molar-refractivity contribution < 1.29 is 9.90 Å². The molecule has 0 aliphatic rings. The first kappa shape index (κ1) is 16.2. The first-order chi connectivity index (χ1) is 12.7. The quantitative estimate of drug-likeness (QED) is 0.552. The van der Waals surface area contributed by atoms with Crippen molar-refractivity contribution in [1.29, 1.82) is 0 Å². The van der Waals surface area contributed by atoms with Crippen LogP contribution in [-0.2, 0) is 11.2 Å². The van der Waals surface area contributed by atoms with Crippen LogP contribution in [-0.4, -0.2) is 10.5 Å². The van der Waals surface area contributed by atoms with E-state index in [1.165, 1.54) is 0 Å². The van der Waals surface area contributed by atoms with Crippen LogP contribution in [0.2, 0.25) is 0 Å². The molecule has 26 heavy (non-hydrogen) atoms. The normalized spacial score (nSPS) is 10.9. The van der Waals surface area contributed by atoms with Crippen molar-refractivity contribution in [2.24, 2.45) is 0 Å². The monoisotopic (exact) mass is 340 g/mol. The van der Waals surface area contributed by atoms with Gasteiger partial charge in [0.1, 0.15) is 0 Å². The van der Waals surface area contributed by atoms with Gasteiger partial charge in [0.05, 0.1) is 11.4 Å². The van der Waals surface area contributed by atoms with E-state index in [4.69, 9.17) is 0 Å². The topological polar surface area (TPSA) is 45.1 Å². The number of hydrogen-bond donors (Lipinski definition) is 0. The zero-order chi connectivity index (χ0) is 17.9. The van der Waals surface area contributed by atoms with Crippen molar-refractivity contribution in [2.75, 3.05) is 0 Å². The van der Waals surface area contributed by atoms with E-state index in [-0.39, 0.29) is 6.42 Å². The molecule has 0 unspecified atom stereocenters. The van der Waals surface area contributed by atoms with Crippen LogP contribution in [0.4, 0.5) is 0 Å². The Hall–Kier alpha value is -3.33. The van der Waals surface area contributed by atoms with Crippen LogP contribution in [0.1, 0.15) is 12.1 Å². The molecule has 0 spiro atoms. The number of aromatic nitrogens is 1. The van der Waals surface area contributed by atoms with Gasteiger partial charge in [-0.05, 0) is 42.0 Å². The lowest BCUT2D eigenvalue weighted by molar-refractivity contribution is -0.305. The summed E-state index contributed by atoms with van der Waals surface area (Å²) in [5.74, 6) is -1.03. The molecule has 0 aliphatic carbocycles. The maximum atomic E-state index is 11.0. The first-order valence-electron chi connectivity index (χ1n) is 8.68. The summed E-state index contributed by atoms with van der Waals surface area (Å²) >= 11 is 0. The Morgan fingerprint density at radius 1 is 0.808 bits per heavy atom. The van der Waals surface area contributed by atoms with Gasteiger partial charge in [0.2, 0.25) is 0 Å². The molecule has 0 saturated carbocycles. The number of carboxylic acid groups (broad SMARTS) is 1. The maximum absolute atomic E-state index is 11.0. The molecule has 0 amide bonds. The SMILES string of the molecule is O=C([O-])CCc1ccc(-c2ccccc2)n1-c1cccc2ccccc12. The summed E-state index contributed by atoms with van der Waals surface area (Å²) < 4.78 is 2.17. The number of nitrogens with zero attached hydrogens (tertiary/aromatic N) is 1. The van der Waals surface area contributed by atoms with E-state index >= 15 is 0 Å². The van der Waals surface area contributed by atoms with Gasteiger partial charge in [0.15, 0.2) is 0 Å². The molecule has 0 bridgehead atoms. The van der Waals surface area contributed by atoms with Gasteiger partial charge in [-0.3, -0.25) is 0 Å². The molecule has 3 heteroatoms. The van der Waals surface area contributed by atoms with E-state index in [1.807, 2.05) is 42.5 Å². The summed E-state index contributed by atoms with van der Waals surface area (Å²) in [5.41, 5.74) is 4.17. The van der Waals surface area contributed by atoms with Crippen molar-refractivity contribution in [3.8, 4) is 16.9 Å². The highest BCUT2D eigenvalue weighted by Crippen LogP contribution is 2.31. The van der Waals surface area contributed by atoms with Crippen molar-refractivity contribution in [3.05, 3.63) is 90.6 Å². The Labute approximate surface area is 152 Å². The molecule has 3 nitrogen and oxygen atoms in total. The number of rotatable bonds is 5. The van der Waals surface area contributed by atoms with E-state index in [2.05, 4.69) is 47.0 Å². The number of hydrogen-bond acceptors (Lipinski definition) is 2. The summed E-state index contributed by atoms with van der Waals surface area (Å²) in [6.45, 7) is 0. The molecule has 4 aromatic rings. The fraction of sp³-hybridized carbons (Fsp3) is 0.0870. The van der Waals surface area contributed by atoms with Crippen LogP contribution in [0.5, 0.6) is 0 Å². The lowest BCUT2D eigenvalue weighted by atomic mass is 10.1. The molecule has 128 valence electrons. The van der Waals surface area contributed by atoms with Gasteiger partial charge in [0, 0.05) is 17.0 Å². The number of carbonyl (C=O) groups is 1. The maximum Gasteiger partial charge on any atom is 0.0537 e. The fourth-order valence-electron chi connectivity index (χ4n) is 3.43. The van der Waals surface area contributed by atoms with Crippen LogP contribution in [0, 0.1) is 0 Å². The third-order valence-corrected chi connectivity index (χ3v) is 4.62. The lowest BCUT2D eigenvalue weighted by Gasteiger charge is -2.16. The number of aryl methyl sites for hydroxylation is 1. The second kappa shape index (κ2) is 6.89. The summed E-state index contributed by atoms with van der Waals surface area (Å²) in [6, 6.07) is 28.7. The number of carbonyl (C=O) groups excluding carboxylic acids is 1. The number of benzene rings is 3. The summed E-state index contributed by atoms with van der Waals surface area (Å²) in [5, 5.41) is 13.3. The molecular weight excluding hydrogens is 322 g/mol. The van der Waals surface area contributed by atoms with E-state index in [0.717, 1.165) is 33.4 Å². The van der Waals surface area contributed by atoms with E-state index < -0.39 is 5.97 Å². The predicted molar refractivity (Wildman–Crippen MR) is 102 cm³/mol. The van der Waals surface area contributed by atoms with Gasteiger partial charge in [-0.25, -0.2) is 0 Å². The molecule has 0 aliphatic heterocycles. The molecule has 0 N–H and O–H groups in total. The minimum atomic E-state index is -1.03. The third kappa shape index (κ3) is 3.00. The summed E-state index contributed by atoms with van der Waals surface area (Å²) in [4.78, 5) is 11.0. The smallest absolute Gasteiger partial charge is 0.0537 e. The molecule has 3 aromatic carbocycles. The summed E-state index contributed by atoms with van der Waals surface area (Å²) in [7, 11) is 0. The molecule has 4 rings (SSSR count). The highest BCUT2D eigenvalue weighted by Gasteiger charge is 2.14. The first-order valence-corrected chi connectivity index (χ1v) is 8.68. The number of aliphatic carboxylic acids is 1. The van der Waals surface area contributed by atoms with Gasteiger partial charge in [-0.1, -0.05) is 66.7 Å². The van der Waals surface area contributed by atoms with Gasteiger partial charge in [-0.15, -0.1) is 0 Å². The van der Waals surface area contributed by atoms with Crippen molar-refractivity contribution in [2.45, 2.75) is 12.8 Å². The standard InChI is InChI=1S/C23H19NO2/c25-23(26)16-14-19-13-15-21(18-8-2-1-3-9-18)24(19)22-12-6-10-17-7-4-5-11-20(17)22/h1-13,15H,14,16H2,(H,25,26)/p-1. The predicted octanol–water partition coefficient (Wildman–Crippen LogP) is 3.98. The largest absolute Gasteiger partial charge is 0.550 e. The zero-order valence-electron chi connectivity index (χ0n) is 14.3. The van der Waals surface area contributed by atoms with Crippen molar-refractivity contribution in [3.63, 3.8) is 0 Å². The van der Waals surface area contributed by atoms with Crippen LogP contribution in [0.15, 0.2) is 84.9 Å². The Bertz CT molecular complexity index is 1060. The number of carboxylic acids is 1. The third-order valence-electron chi connectivity index (χ3n) is 4.62. The highest BCUT2D eigenvalue weighted by atomic mass is 16.4. The Morgan fingerprint density at radius 2 is 1.54 bits per heavy atom. The van der Waals surface area contributed by atoms with Crippen LogP contribution in [0.25, 0.3) is 27.7 Å². The average Bonchev–Trinajstić information content (AvgIpc) is 3.10. The Morgan fingerprint density at radius 3 is 2.35 bits per heavy atom. The van der Waals surface area contributed by atoms with Crippen LogP contribution >= 0.6 is 0 Å². The molecule has 1 heterocycles. The minimum Gasteiger partial charge on any atom is -0.550 e. The van der Waals surface area contributed by atoms with Gasteiger partial charge >= 0.3 is 0 Å². The molecule has 0 radical (unpaired) electrons. The molecule has 0 atom stereocenters. The second-order valence-corrected chi connectivity index (χ2v) is 6.28. The molecule has 0 saturated heterocycles.